The van der Waals surface area contributed by atoms with Crippen LogP contribution in [0.4, 0.5) is 17.7 Å². The molecule has 3 aromatic rings. The molecule has 1 amide bonds. The zero-order valence-electron chi connectivity index (χ0n) is 16.7. The van der Waals surface area contributed by atoms with Crippen molar-refractivity contribution >= 4 is 31.2 Å². The molecule has 3 aromatic carbocycles. The van der Waals surface area contributed by atoms with Crippen molar-refractivity contribution in [1.29, 1.82) is 0 Å². The van der Waals surface area contributed by atoms with Crippen molar-refractivity contribution in [2.75, 3.05) is 6.61 Å². The van der Waals surface area contributed by atoms with Gasteiger partial charge in [0.25, 0.3) is 0 Å². The van der Waals surface area contributed by atoms with Gasteiger partial charge in [0.2, 0.25) is 0 Å². The van der Waals surface area contributed by atoms with Crippen molar-refractivity contribution in [3.8, 4) is 11.1 Å². The molecule has 0 heterocycles. The summed E-state index contributed by atoms with van der Waals surface area (Å²) in [4.78, 5) is 12.5. The van der Waals surface area contributed by atoms with Crippen LogP contribution in [0.1, 0.15) is 28.2 Å². The van der Waals surface area contributed by atoms with E-state index in [1.54, 1.807) is 0 Å². The van der Waals surface area contributed by atoms with Gasteiger partial charge in [-0.15, -0.1) is 18.1 Å². The summed E-state index contributed by atoms with van der Waals surface area (Å²) in [6.07, 6.45) is -0.678. The summed E-state index contributed by atoms with van der Waals surface area (Å²) >= 11 is 4.13. The number of rotatable bonds is 5. The molecule has 0 aliphatic heterocycles. The van der Waals surface area contributed by atoms with E-state index in [1.807, 2.05) is 48.5 Å². The van der Waals surface area contributed by atoms with Crippen LogP contribution in [0.15, 0.2) is 65.6 Å². The van der Waals surface area contributed by atoms with Gasteiger partial charge in [0.1, 0.15) is 6.61 Å². The topological polar surface area (TPSA) is 38.3 Å². The molecule has 0 atom stereocenters. The largest absolute Gasteiger partial charge is 0.509 e. The summed E-state index contributed by atoms with van der Waals surface area (Å²) in [5.74, 6) is -0.0823. The minimum atomic E-state index is -5.16. The Morgan fingerprint density at radius 2 is 1.61 bits per heavy atom. The second kappa shape index (κ2) is 8.34. The lowest BCUT2D eigenvalue weighted by atomic mass is 9.76. The number of hydrogen-bond acceptors (Lipinski definition) is 3. The third kappa shape index (κ3) is 4.30. The normalized spacial score (nSPS) is 12.9. The lowest BCUT2D eigenvalue weighted by Gasteiger charge is -2.21. The molecule has 1 aliphatic rings. The van der Waals surface area contributed by atoms with E-state index >= 15 is 0 Å². The SMILES string of the molecule is Cc1c(S)cc(CNC(=O)OCC2c3ccccc3-c3ccccc32)cc1[B-](F)(F)F. The molecule has 1 N–H and O–H groups in total. The summed E-state index contributed by atoms with van der Waals surface area (Å²) in [7, 11) is 0. The fourth-order valence-corrected chi connectivity index (χ4v) is 4.34. The van der Waals surface area contributed by atoms with Gasteiger partial charge in [-0.1, -0.05) is 60.2 Å². The van der Waals surface area contributed by atoms with Gasteiger partial charge in [0, 0.05) is 17.4 Å². The minimum absolute atomic E-state index is 0.0797. The molecular formula is C23H20BF3NO2S-. The van der Waals surface area contributed by atoms with Crippen LogP contribution < -0.4 is 10.8 Å². The number of ether oxygens (including phenoxy) is 1. The van der Waals surface area contributed by atoms with Crippen LogP contribution in [0.25, 0.3) is 11.1 Å². The van der Waals surface area contributed by atoms with Crippen LogP contribution >= 0.6 is 12.6 Å². The van der Waals surface area contributed by atoms with Gasteiger partial charge in [0.05, 0.1) is 0 Å². The number of halogens is 3. The van der Waals surface area contributed by atoms with Crippen molar-refractivity contribution in [3.05, 3.63) is 82.9 Å². The number of amides is 1. The highest BCUT2D eigenvalue weighted by Crippen LogP contribution is 2.44. The Morgan fingerprint density at radius 1 is 1.03 bits per heavy atom. The predicted molar refractivity (Wildman–Crippen MR) is 119 cm³/mol. The Labute approximate surface area is 184 Å². The highest BCUT2D eigenvalue weighted by atomic mass is 32.1. The molecule has 31 heavy (non-hydrogen) atoms. The number of alkyl carbamates (subject to hydrolysis) is 1. The Balaban J connectivity index is 1.43. The van der Waals surface area contributed by atoms with E-state index in [0.29, 0.717) is 5.56 Å². The predicted octanol–water partition coefficient (Wildman–Crippen LogP) is 5.38. The second-order valence-electron chi connectivity index (χ2n) is 7.58. The van der Waals surface area contributed by atoms with Crippen LogP contribution in [-0.2, 0) is 11.3 Å². The summed E-state index contributed by atoms with van der Waals surface area (Å²) in [6.45, 7) is -3.72. The van der Waals surface area contributed by atoms with Crippen molar-refractivity contribution in [1.82, 2.24) is 5.32 Å². The maximum Gasteiger partial charge on any atom is 0.509 e. The van der Waals surface area contributed by atoms with Crippen LogP contribution in [0.5, 0.6) is 0 Å². The van der Waals surface area contributed by atoms with Gasteiger partial charge in [-0.3, -0.25) is 0 Å². The summed E-state index contributed by atoms with van der Waals surface area (Å²) in [6, 6.07) is 18.5. The minimum Gasteiger partial charge on any atom is -0.449 e. The second-order valence-corrected chi connectivity index (χ2v) is 8.06. The first-order valence-corrected chi connectivity index (χ1v) is 10.3. The first-order valence-electron chi connectivity index (χ1n) is 9.87. The number of carbonyl (C=O) groups excluding carboxylic acids is 1. The molecule has 0 spiro atoms. The molecule has 0 fully saturated rings. The van der Waals surface area contributed by atoms with Gasteiger partial charge in [-0.25, -0.2) is 4.79 Å². The third-order valence-electron chi connectivity index (χ3n) is 5.61. The van der Waals surface area contributed by atoms with E-state index in [9.17, 15) is 17.7 Å². The number of thiol groups is 1. The number of hydrogen-bond donors (Lipinski definition) is 2. The Kier molecular flexibility index (Phi) is 5.75. The number of nitrogens with one attached hydrogen (secondary N) is 1. The molecule has 1 aliphatic carbocycles. The Hall–Kier alpha value is -2.87. The standard InChI is InChI=1S/C23H20BF3NO2S/c1-14-21(24(25,26)27)10-15(11-22(14)31)12-28-23(29)30-13-20-18-8-4-2-6-16(18)17-7-3-5-9-19(17)20/h2-11,20,31H,12-13H2,1H3,(H,28,29)/q-1. The van der Waals surface area contributed by atoms with E-state index in [-0.39, 0.29) is 29.5 Å². The maximum atomic E-state index is 13.3. The third-order valence-corrected chi connectivity index (χ3v) is 6.08. The molecule has 0 saturated carbocycles. The molecule has 0 unspecified atom stereocenters. The molecule has 0 bridgehead atoms. The van der Waals surface area contributed by atoms with Gasteiger partial charge < -0.3 is 23.0 Å². The van der Waals surface area contributed by atoms with Crippen LogP contribution in [0.2, 0.25) is 0 Å². The smallest absolute Gasteiger partial charge is 0.449 e. The summed E-state index contributed by atoms with van der Waals surface area (Å²) < 4.78 is 45.2. The van der Waals surface area contributed by atoms with Crippen LogP contribution in [0.3, 0.4) is 0 Å². The Morgan fingerprint density at radius 3 is 2.19 bits per heavy atom. The first-order chi connectivity index (χ1) is 14.8. The van der Waals surface area contributed by atoms with Gasteiger partial charge in [-0.2, -0.15) is 0 Å². The number of fused-ring (bicyclic) bond motifs is 3. The zero-order chi connectivity index (χ0) is 22.2. The van der Waals surface area contributed by atoms with E-state index in [0.717, 1.165) is 28.3 Å². The number of carbonyl (C=O) groups is 1. The summed E-state index contributed by atoms with van der Waals surface area (Å²) in [5.41, 5.74) is 4.12. The highest BCUT2D eigenvalue weighted by molar-refractivity contribution is 7.80. The average Bonchev–Trinajstić information content (AvgIpc) is 3.06. The average molecular weight is 442 g/mol. The molecule has 0 aromatic heterocycles. The molecule has 0 radical (unpaired) electrons. The van der Waals surface area contributed by atoms with Crippen molar-refractivity contribution in [2.45, 2.75) is 24.3 Å². The number of benzene rings is 3. The molecule has 3 nitrogen and oxygen atoms in total. The quantitative estimate of drug-likeness (QED) is 0.412. The fourth-order valence-electron chi connectivity index (χ4n) is 4.05. The van der Waals surface area contributed by atoms with Crippen LogP contribution in [0, 0.1) is 6.92 Å². The molecular weight excluding hydrogens is 422 g/mol. The summed E-state index contributed by atoms with van der Waals surface area (Å²) in [5, 5.41) is 2.54. The van der Waals surface area contributed by atoms with Crippen LogP contribution in [-0.4, -0.2) is 19.7 Å². The van der Waals surface area contributed by atoms with E-state index in [4.69, 9.17) is 4.74 Å². The fraction of sp³-hybridized carbons (Fsp3) is 0.174. The lowest BCUT2D eigenvalue weighted by molar-refractivity contribution is 0.142. The van der Waals surface area contributed by atoms with Gasteiger partial charge >= 0.3 is 13.1 Å². The van der Waals surface area contributed by atoms with Gasteiger partial charge in [0.15, 0.2) is 0 Å². The van der Waals surface area contributed by atoms with Gasteiger partial charge in [-0.05, 0) is 40.8 Å². The van der Waals surface area contributed by atoms with E-state index < -0.39 is 18.5 Å². The van der Waals surface area contributed by atoms with E-state index in [1.165, 1.54) is 13.0 Å². The van der Waals surface area contributed by atoms with Crippen molar-refractivity contribution in [2.24, 2.45) is 0 Å². The molecule has 0 saturated heterocycles. The highest BCUT2D eigenvalue weighted by Gasteiger charge is 2.30. The van der Waals surface area contributed by atoms with E-state index in [2.05, 4.69) is 17.9 Å². The van der Waals surface area contributed by atoms with Crippen molar-refractivity contribution in [3.63, 3.8) is 0 Å². The maximum absolute atomic E-state index is 13.3. The van der Waals surface area contributed by atoms with Crippen molar-refractivity contribution < 1.29 is 22.5 Å². The zero-order valence-corrected chi connectivity index (χ0v) is 17.6. The molecule has 160 valence electrons. The lowest BCUT2D eigenvalue weighted by Crippen LogP contribution is -2.37. The first kappa shape index (κ1) is 21.4. The molecule has 4 rings (SSSR count). The monoisotopic (exact) mass is 442 g/mol. The Bertz CT molecular complexity index is 1100. The molecule has 8 heteroatoms.